The van der Waals surface area contributed by atoms with Crippen LogP contribution < -0.4 is 5.73 Å². The zero-order valence-corrected chi connectivity index (χ0v) is 7.60. The predicted octanol–water partition coefficient (Wildman–Crippen LogP) is 1.73. The predicted molar refractivity (Wildman–Crippen MR) is 47.4 cm³/mol. The van der Waals surface area contributed by atoms with Gasteiger partial charge in [-0.3, -0.25) is 4.79 Å². The van der Waals surface area contributed by atoms with E-state index in [9.17, 15) is 4.79 Å². The molecule has 11 heavy (non-hydrogen) atoms. The molecular weight excluding hydrogens is 138 g/mol. The molecule has 2 heteroatoms. The summed E-state index contributed by atoms with van der Waals surface area (Å²) in [5.41, 5.74) is 5.27. The molecule has 0 heterocycles. The van der Waals surface area contributed by atoms with Gasteiger partial charge in [-0.15, -0.1) is 0 Å². The van der Waals surface area contributed by atoms with Crippen LogP contribution in [-0.4, -0.2) is 12.3 Å². The lowest BCUT2D eigenvalue weighted by Crippen LogP contribution is -2.11. The van der Waals surface area contributed by atoms with Crippen LogP contribution in [0, 0.1) is 5.92 Å². The molecule has 0 spiro atoms. The van der Waals surface area contributed by atoms with Crippen molar-refractivity contribution in [3.05, 3.63) is 0 Å². The van der Waals surface area contributed by atoms with Crippen LogP contribution in [0.5, 0.6) is 0 Å². The quantitative estimate of drug-likeness (QED) is 0.638. The van der Waals surface area contributed by atoms with E-state index in [1.807, 2.05) is 0 Å². The first-order chi connectivity index (χ1) is 5.24. The highest BCUT2D eigenvalue weighted by Gasteiger charge is 2.08. The molecule has 0 unspecified atom stereocenters. The van der Waals surface area contributed by atoms with Gasteiger partial charge in [-0.05, 0) is 12.5 Å². The molecule has 0 saturated carbocycles. The third-order valence-corrected chi connectivity index (χ3v) is 2.09. The molecule has 2 nitrogen and oxygen atoms in total. The summed E-state index contributed by atoms with van der Waals surface area (Å²) in [4.78, 5) is 11.1. The molecule has 0 aromatic carbocycles. The summed E-state index contributed by atoms with van der Waals surface area (Å²) in [6.07, 6.45) is 3.49. The van der Waals surface area contributed by atoms with E-state index < -0.39 is 0 Å². The zero-order chi connectivity index (χ0) is 8.69. The van der Waals surface area contributed by atoms with Crippen molar-refractivity contribution in [2.75, 3.05) is 6.54 Å². The van der Waals surface area contributed by atoms with Gasteiger partial charge in [0.2, 0.25) is 0 Å². The smallest absolute Gasteiger partial charge is 0.134 e. The van der Waals surface area contributed by atoms with E-state index in [0.29, 0.717) is 24.7 Å². The topological polar surface area (TPSA) is 43.1 Å². The molecule has 0 rings (SSSR count). The number of hydrogen-bond acceptors (Lipinski definition) is 2. The number of ketones is 1. The maximum absolute atomic E-state index is 11.1. The van der Waals surface area contributed by atoms with E-state index in [-0.39, 0.29) is 0 Å². The highest BCUT2D eigenvalue weighted by Crippen LogP contribution is 2.13. The highest BCUT2D eigenvalue weighted by atomic mass is 16.1. The van der Waals surface area contributed by atoms with E-state index in [1.54, 1.807) is 0 Å². The van der Waals surface area contributed by atoms with Crippen molar-refractivity contribution in [1.82, 2.24) is 0 Å². The lowest BCUT2D eigenvalue weighted by molar-refractivity contribution is -0.119. The Morgan fingerprint density at radius 2 is 1.91 bits per heavy atom. The average Bonchev–Trinajstić information content (AvgIpc) is 2.01. The van der Waals surface area contributed by atoms with Gasteiger partial charge in [0.25, 0.3) is 0 Å². The Kier molecular flexibility index (Phi) is 6.13. The first-order valence-electron chi connectivity index (χ1n) is 4.46. The minimum atomic E-state index is 0.321. The van der Waals surface area contributed by atoms with Crippen LogP contribution in [-0.2, 0) is 4.79 Å². The van der Waals surface area contributed by atoms with E-state index in [4.69, 9.17) is 5.73 Å². The first kappa shape index (κ1) is 10.6. The molecule has 0 fully saturated rings. The fourth-order valence-corrected chi connectivity index (χ4v) is 1.16. The second-order valence-electron chi connectivity index (χ2n) is 2.96. The summed E-state index contributed by atoms with van der Waals surface area (Å²) in [7, 11) is 0. The highest BCUT2D eigenvalue weighted by molar-refractivity contribution is 5.78. The normalized spacial score (nSPS) is 10.5. The Morgan fingerprint density at radius 1 is 1.36 bits per heavy atom. The van der Waals surface area contributed by atoms with Gasteiger partial charge in [0.05, 0.1) is 0 Å². The lowest BCUT2D eigenvalue weighted by atomic mass is 9.96. The molecule has 0 aliphatic heterocycles. The van der Waals surface area contributed by atoms with Crippen LogP contribution >= 0.6 is 0 Å². The molecule has 0 aromatic heterocycles. The molecule has 0 aliphatic rings. The second kappa shape index (κ2) is 6.35. The number of rotatable bonds is 6. The van der Waals surface area contributed by atoms with Gasteiger partial charge in [-0.25, -0.2) is 0 Å². The third-order valence-electron chi connectivity index (χ3n) is 2.09. The standard InChI is InChI=1S/C9H19NO/c1-3-8(4-2)7-9(11)5-6-10/h8H,3-7,10H2,1-2H3. The summed E-state index contributed by atoms with van der Waals surface area (Å²) in [6.45, 7) is 4.76. The molecule has 0 saturated heterocycles. The van der Waals surface area contributed by atoms with Gasteiger partial charge >= 0.3 is 0 Å². The van der Waals surface area contributed by atoms with E-state index in [0.717, 1.165) is 19.3 Å². The molecule has 0 atom stereocenters. The second-order valence-corrected chi connectivity index (χ2v) is 2.96. The first-order valence-corrected chi connectivity index (χ1v) is 4.46. The summed E-state index contributed by atoms with van der Waals surface area (Å²) < 4.78 is 0. The van der Waals surface area contributed by atoms with Crippen molar-refractivity contribution in [3.63, 3.8) is 0 Å². The third kappa shape index (κ3) is 4.96. The Morgan fingerprint density at radius 3 is 2.27 bits per heavy atom. The average molecular weight is 157 g/mol. The van der Waals surface area contributed by atoms with Crippen molar-refractivity contribution >= 4 is 5.78 Å². The van der Waals surface area contributed by atoms with Crippen LogP contribution in [0.1, 0.15) is 39.5 Å². The lowest BCUT2D eigenvalue weighted by Gasteiger charge is -2.09. The molecule has 0 aliphatic carbocycles. The van der Waals surface area contributed by atoms with Crippen molar-refractivity contribution in [1.29, 1.82) is 0 Å². The van der Waals surface area contributed by atoms with Crippen molar-refractivity contribution in [2.24, 2.45) is 11.7 Å². The minimum Gasteiger partial charge on any atom is -0.330 e. The van der Waals surface area contributed by atoms with Crippen LogP contribution in [0.3, 0.4) is 0 Å². The molecular formula is C9H19NO. The van der Waals surface area contributed by atoms with Gasteiger partial charge in [0, 0.05) is 12.8 Å². The maximum atomic E-state index is 11.1. The fourth-order valence-electron chi connectivity index (χ4n) is 1.16. The Balaban J connectivity index is 3.54. The van der Waals surface area contributed by atoms with E-state index in [2.05, 4.69) is 13.8 Å². The van der Waals surface area contributed by atoms with E-state index in [1.165, 1.54) is 0 Å². The molecule has 0 aromatic rings. The van der Waals surface area contributed by atoms with Gasteiger partial charge in [-0.2, -0.15) is 0 Å². The number of carbonyl (C=O) groups excluding carboxylic acids is 1. The van der Waals surface area contributed by atoms with Crippen LogP contribution in [0.2, 0.25) is 0 Å². The van der Waals surface area contributed by atoms with Crippen molar-refractivity contribution in [3.8, 4) is 0 Å². The maximum Gasteiger partial charge on any atom is 0.134 e. The van der Waals surface area contributed by atoms with Gasteiger partial charge in [0.15, 0.2) is 0 Å². The summed E-state index contributed by atoms with van der Waals surface area (Å²) >= 11 is 0. The van der Waals surface area contributed by atoms with Crippen molar-refractivity contribution < 1.29 is 4.79 Å². The summed E-state index contributed by atoms with van der Waals surface area (Å²) in [5.74, 6) is 0.898. The van der Waals surface area contributed by atoms with Crippen molar-refractivity contribution in [2.45, 2.75) is 39.5 Å². The molecule has 0 radical (unpaired) electrons. The summed E-state index contributed by atoms with van der Waals surface area (Å²) in [5, 5.41) is 0. The van der Waals surface area contributed by atoms with Crippen LogP contribution in [0.15, 0.2) is 0 Å². The van der Waals surface area contributed by atoms with Gasteiger partial charge in [0.1, 0.15) is 5.78 Å². The molecule has 0 amide bonds. The monoisotopic (exact) mass is 157 g/mol. The largest absolute Gasteiger partial charge is 0.330 e. The SMILES string of the molecule is CCC(CC)CC(=O)CCN. The van der Waals surface area contributed by atoms with Gasteiger partial charge < -0.3 is 5.73 Å². The number of nitrogens with two attached hydrogens (primary N) is 1. The Bertz CT molecular complexity index is 108. The Hall–Kier alpha value is -0.370. The summed E-state index contributed by atoms with van der Waals surface area (Å²) in [6, 6.07) is 0. The van der Waals surface area contributed by atoms with Gasteiger partial charge in [-0.1, -0.05) is 26.7 Å². The van der Waals surface area contributed by atoms with Crippen LogP contribution in [0.25, 0.3) is 0 Å². The van der Waals surface area contributed by atoms with E-state index >= 15 is 0 Å². The van der Waals surface area contributed by atoms with Crippen LogP contribution in [0.4, 0.5) is 0 Å². The number of hydrogen-bond donors (Lipinski definition) is 1. The number of Topliss-reactive ketones (excluding diaryl/α,β-unsaturated/α-hetero) is 1. The minimum absolute atomic E-state index is 0.321. The molecule has 0 bridgehead atoms. The molecule has 2 N–H and O–H groups in total. The fraction of sp³-hybridized carbons (Fsp3) is 0.889. The Labute approximate surface area is 69.2 Å². The molecule has 66 valence electrons. The zero-order valence-electron chi connectivity index (χ0n) is 7.60. The number of carbonyl (C=O) groups is 1.